The van der Waals surface area contributed by atoms with E-state index in [4.69, 9.17) is 0 Å². The summed E-state index contributed by atoms with van der Waals surface area (Å²) in [5.74, 6) is -3.30. The van der Waals surface area contributed by atoms with Crippen molar-refractivity contribution in [3.63, 3.8) is 0 Å². The summed E-state index contributed by atoms with van der Waals surface area (Å²) in [5, 5.41) is 19.4. The van der Waals surface area contributed by atoms with E-state index in [2.05, 4.69) is 0 Å². The van der Waals surface area contributed by atoms with Gasteiger partial charge in [-0.05, 0) is 0 Å². The summed E-state index contributed by atoms with van der Waals surface area (Å²) in [6, 6.07) is 0. The summed E-state index contributed by atoms with van der Waals surface area (Å²) in [5.41, 5.74) is 0. The zero-order valence-corrected chi connectivity index (χ0v) is 7.52. The third-order valence-corrected chi connectivity index (χ3v) is 2.12. The maximum atomic E-state index is 11.0. The van der Waals surface area contributed by atoms with Gasteiger partial charge in [0.2, 0.25) is 11.7 Å². The van der Waals surface area contributed by atoms with E-state index in [1.54, 1.807) is 0 Å². The molecule has 0 aromatic carbocycles. The number of amides is 1. The number of Topliss-reactive ketones (excluding diaryl/α,β-unsaturated/α-hetero) is 1. The van der Waals surface area contributed by atoms with E-state index in [9.17, 15) is 19.9 Å². The van der Waals surface area contributed by atoms with E-state index in [-0.39, 0.29) is 13.1 Å². The molecule has 0 spiro atoms. The standard InChI is InChI=1S/C7H12N2O4/c1-5(10)7(12)8(6(2)11)3-4-9(7)13/h12-13H,3-4H2,1-2H3. The first-order chi connectivity index (χ1) is 5.90. The maximum Gasteiger partial charge on any atom is 0.283 e. The Kier molecular flexibility index (Phi) is 2.38. The molecule has 6 heteroatoms. The molecule has 1 aliphatic rings. The SMILES string of the molecule is CC(=O)N1CCN(O)C1(O)C(C)=O. The lowest BCUT2D eigenvalue weighted by atomic mass is 10.2. The second kappa shape index (κ2) is 3.06. The molecule has 13 heavy (non-hydrogen) atoms. The molecule has 0 saturated carbocycles. The molecular formula is C7H12N2O4. The van der Waals surface area contributed by atoms with E-state index in [0.29, 0.717) is 5.06 Å². The third kappa shape index (κ3) is 1.32. The Morgan fingerprint density at radius 3 is 2.15 bits per heavy atom. The first kappa shape index (κ1) is 10.1. The van der Waals surface area contributed by atoms with Crippen LogP contribution >= 0.6 is 0 Å². The van der Waals surface area contributed by atoms with Crippen LogP contribution < -0.4 is 0 Å². The number of nitrogens with zero attached hydrogens (tertiary/aromatic N) is 2. The van der Waals surface area contributed by atoms with Crippen LogP contribution in [0.4, 0.5) is 0 Å². The van der Waals surface area contributed by atoms with Crippen molar-refractivity contribution >= 4 is 11.7 Å². The number of hydroxylamine groups is 2. The van der Waals surface area contributed by atoms with E-state index in [1.165, 1.54) is 6.92 Å². The highest BCUT2D eigenvalue weighted by atomic mass is 16.6. The molecule has 2 N–H and O–H groups in total. The van der Waals surface area contributed by atoms with Crippen molar-refractivity contribution < 1.29 is 19.9 Å². The van der Waals surface area contributed by atoms with Crippen molar-refractivity contribution in [3.8, 4) is 0 Å². The lowest BCUT2D eigenvalue weighted by Gasteiger charge is -2.32. The molecule has 1 fully saturated rings. The Morgan fingerprint density at radius 1 is 1.31 bits per heavy atom. The molecule has 0 aromatic rings. The number of hydrogen-bond donors (Lipinski definition) is 2. The van der Waals surface area contributed by atoms with Gasteiger partial charge in [-0.3, -0.25) is 14.5 Å². The van der Waals surface area contributed by atoms with Crippen molar-refractivity contribution in [2.45, 2.75) is 19.7 Å². The highest BCUT2D eigenvalue weighted by Gasteiger charge is 2.51. The van der Waals surface area contributed by atoms with Crippen molar-refractivity contribution in [2.24, 2.45) is 0 Å². The van der Waals surface area contributed by atoms with Gasteiger partial charge in [-0.25, -0.2) is 0 Å². The minimum absolute atomic E-state index is 0.0651. The summed E-state index contributed by atoms with van der Waals surface area (Å²) in [6.45, 7) is 2.55. The molecule has 0 aliphatic carbocycles. The van der Waals surface area contributed by atoms with Crippen LogP contribution in [0.1, 0.15) is 13.8 Å². The van der Waals surface area contributed by atoms with Crippen LogP contribution in [-0.4, -0.2) is 50.9 Å². The molecule has 1 saturated heterocycles. The Morgan fingerprint density at radius 2 is 1.85 bits per heavy atom. The van der Waals surface area contributed by atoms with Gasteiger partial charge >= 0.3 is 0 Å². The predicted molar refractivity (Wildman–Crippen MR) is 41.5 cm³/mol. The fourth-order valence-electron chi connectivity index (χ4n) is 1.39. The number of hydrogen-bond acceptors (Lipinski definition) is 5. The topological polar surface area (TPSA) is 81.1 Å². The van der Waals surface area contributed by atoms with Crippen LogP contribution in [-0.2, 0) is 9.59 Å². The molecule has 1 aliphatic heterocycles. The normalized spacial score (nSPS) is 29.4. The number of rotatable bonds is 1. The van der Waals surface area contributed by atoms with E-state index >= 15 is 0 Å². The Labute approximate surface area is 75.3 Å². The molecule has 1 atom stereocenters. The molecule has 0 radical (unpaired) electrons. The predicted octanol–water partition coefficient (Wildman–Crippen LogP) is -1.23. The second-order valence-electron chi connectivity index (χ2n) is 2.99. The molecule has 74 valence electrons. The molecule has 0 bridgehead atoms. The molecular weight excluding hydrogens is 176 g/mol. The Hall–Kier alpha value is -0.980. The molecule has 1 rings (SSSR count). The first-order valence-corrected chi connectivity index (χ1v) is 3.89. The van der Waals surface area contributed by atoms with Gasteiger partial charge in [-0.2, -0.15) is 0 Å². The van der Waals surface area contributed by atoms with Gasteiger partial charge in [0.15, 0.2) is 0 Å². The highest BCUT2D eigenvalue weighted by Crippen LogP contribution is 2.23. The average molecular weight is 188 g/mol. The van der Waals surface area contributed by atoms with Gasteiger partial charge < -0.3 is 10.3 Å². The highest BCUT2D eigenvalue weighted by molar-refractivity contribution is 5.89. The van der Waals surface area contributed by atoms with Gasteiger partial charge in [0.1, 0.15) is 0 Å². The van der Waals surface area contributed by atoms with Gasteiger partial charge in [0, 0.05) is 26.9 Å². The summed E-state index contributed by atoms with van der Waals surface area (Å²) < 4.78 is 0. The van der Waals surface area contributed by atoms with E-state index in [1.807, 2.05) is 0 Å². The van der Waals surface area contributed by atoms with Gasteiger partial charge in [-0.15, -0.1) is 5.06 Å². The number of carbonyl (C=O) groups is 2. The summed E-state index contributed by atoms with van der Waals surface area (Å²) in [7, 11) is 0. The van der Waals surface area contributed by atoms with Gasteiger partial charge in [0.25, 0.3) is 5.85 Å². The quantitative estimate of drug-likeness (QED) is 0.538. The number of carbonyl (C=O) groups excluding carboxylic acids is 2. The zero-order chi connectivity index (χ0) is 10.2. The second-order valence-corrected chi connectivity index (χ2v) is 2.99. The Balaban J connectivity index is 3.01. The van der Waals surface area contributed by atoms with Crippen molar-refractivity contribution in [3.05, 3.63) is 0 Å². The number of ketones is 1. The molecule has 1 heterocycles. The van der Waals surface area contributed by atoms with E-state index in [0.717, 1.165) is 11.8 Å². The molecule has 0 aromatic heterocycles. The van der Waals surface area contributed by atoms with Crippen molar-refractivity contribution in [2.75, 3.05) is 13.1 Å². The average Bonchev–Trinajstić information content (AvgIpc) is 2.30. The largest absolute Gasteiger partial charge is 0.351 e. The third-order valence-electron chi connectivity index (χ3n) is 2.12. The zero-order valence-electron chi connectivity index (χ0n) is 7.52. The van der Waals surface area contributed by atoms with Crippen LogP contribution in [0.5, 0.6) is 0 Å². The summed E-state index contributed by atoms with van der Waals surface area (Å²) in [6.07, 6.45) is 0. The molecule has 6 nitrogen and oxygen atoms in total. The lowest BCUT2D eigenvalue weighted by Crippen LogP contribution is -2.58. The van der Waals surface area contributed by atoms with Crippen LogP contribution in [0.15, 0.2) is 0 Å². The maximum absolute atomic E-state index is 11.0. The summed E-state index contributed by atoms with van der Waals surface area (Å²) in [4.78, 5) is 23.0. The van der Waals surface area contributed by atoms with Crippen LogP contribution in [0.2, 0.25) is 0 Å². The minimum atomic E-state index is -2.17. The molecule has 1 unspecified atom stereocenters. The van der Waals surface area contributed by atoms with Crippen LogP contribution in [0.3, 0.4) is 0 Å². The van der Waals surface area contributed by atoms with Gasteiger partial charge in [-0.1, -0.05) is 0 Å². The monoisotopic (exact) mass is 188 g/mol. The smallest absolute Gasteiger partial charge is 0.283 e. The minimum Gasteiger partial charge on any atom is -0.351 e. The summed E-state index contributed by atoms with van der Waals surface area (Å²) >= 11 is 0. The fraction of sp³-hybridized carbons (Fsp3) is 0.714. The van der Waals surface area contributed by atoms with Crippen LogP contribution in [0, 0.1) is 0 Å². The molecule has 1 amide bonds. The fourth-order valence-corrected chi connectivity index (χ4v) is 1.39. The van der Waals surface area contributed by atoms with Crippen molar-refractivity contribution in [1.29, 1.82) is 0 Å². The first-order valence-electron chi connectivity index (χ1n) is 3.89. The van der Waals surface area contributed by atoms with E-state index < -0.39 is 17.5 Å². The van der Waals surface area contributed by atoms with Gasteiger partial charge in [0.05, 0.1) is 0 Å². The lowest BCUT2D eigenvalue weighted by molar-refractivity contribution is -0.265. The van der Waals surface area contributed by atoms with Crippen LogP contribution in [0.25, 0.3) is 0 Å². The van der Waals surface area contributed by atoms with Crippen molar-refractivity contribution in [1.82, 2.24) is 9.96 Å². The number of aliphatic hydroxyl groups is 1. The Bertz CT molecular complexity index is 255.